The van der Waals surface area contributed by atoms with E-state index in [-0.39, 0.29) is 23.4 Å². The fourth-order valence-corrected chi connectivity index (χ4v) is 6.47. The maximum absolute atomic E-state index is 14.0. The van der Waals surface area contributed by atoms with Crippen LogP contribution in [0.2, 0.25) is 5.02 Å². The van der Waals surface area contributed by atoms with E-state index in [2.05, 4.69) is 17.0 Å². The summed E-state index contributed by atoms with van der Waals surface area (Å²) in [4.78, 5) is 31.0. The van der Waals surface area contributed by atoms with E-state index in [1.165, 1.54) is 12.1 Å². The lowest BCUT2D eigenvalue weighted by Gasteiger charge is -2.41. The number of hydrogen-bond acceptors (Lipinski definition) is 3. The highest BCUT2D eigenvalue weighted by atomic mass is 35.5. The lowest BCUT2D eigenvalue weighted by molar-refractivity contribution is -0.133. The minimum atomic E-state index is -0.603. The Labute approximate surface area is 229 Å². The van der Waals surface area contributed by atoms with Crippen LogP contribution in [0.1, 0.15) is 42.9 Å². The Morgan fingerprint density at radius 1 is 0.947 bits per heavy atom. The van der Waals surface area contributed by atoms with E-state index < -0.39 is 10.8 Å². The number of carbonyl (C=O) groups is 2. The molecule has 6 heteroatoms. The first kappa shape index (κ1) is 26.6. The van der Waals surface area contributed by atoms with Crippen LogP contribution < -0.4 is 0 Å². The van der Waals surface area contributed by atoms with E-state index in [0.29, 0.717) is 11.6 Å². The van der Waals surface area contributed by atoms with Gasteiger partial charge >= 0.3 is 0 Å². The van der Waals surface area contributed by atoms with E-state index >= 15 is 0 Å². The minimum absolute atomic E-state index is 0.0773. The predicted molar refractivity (Wildman–Crippen MR) is 149 cm³/mol. The van der Waals surface area contributed by atoms with Crippen molar-refractivity contribution < 1.29 is 14.0 Å². The summed E-state index contributed by atoms with van der Waals surface area (Å²) in [5.41, 5.74) is 1.95. The number of rotatable bonds is 8. The second-order valence-electron chi connectivity index (χ2n) is 11.0. The molecule has 1 heterocycles. The monoisotopic (exact) mass is 532 g/mol. The summed E-state index contributed by atoms with van der Waals surface area (Å²) in [7, 11) is 1.82. The number of Topliss-reactive ketones (excluding diaryl/α,β-unsaturated/α-hetero) is 1. The van der Waals surface area contributed by atoms with Gasteiger partial charge in [0.25, 0.3) is 0 Å². The molecule has 0 radical (unpaired) electrons. The highest BCUT2D eigenvalue weighted by Gasteiger charge is 2.62. The molecule has 1 amide bonds. The number of amides is 1. The van der Waals surface area contributed by atoms with Crippen molar-refractivity contribution in [2.24, 2.45) is 5.92 Å². The van der Waals surface area contributed by atoms with Crippen LogP contribution in [-0.4, -0.2) is 48.2 Å². The Balaban J connectivity index is 1.32. The van der Waals surface area contributed by atoms with Gasteiger partial charge in [0, 0.05) is 25.2 Å². The summed E-state index contributed by atoms with van der Waals surface area (Å²) in [5, 5.41) is 0.644. The molecule has 1 saturated carbocycles. The number of likely N-dealkylation sites (tertiary alicyclic amines) is 1. The molecule has 0 bridgehead atoms. The van der Waals surface area contributed by atoms with Gasteiger partial charge in [-0.3, -0.25) is 9.59 Å². The smallest absolute Gasteiger partial charge is 0.233 e. The van der Waals surface area contributed by atoms with Gasteiger partial charge in [0.15, 0.2) is 0 Å². The van der Waals surface area contributed by atoms with E-state index in [1.54, 1.807) is 24.0 Å². The Morgan fingerprint density at radius 2 is 1.58 bits per heavy atom. The molecule has 2 aliphatic rings. The molecular weight excluding hydrogens is 499 g/mol. The number of likely N-dealkylation sites (N-methyl/N-ethyl adjacent to an activating group) is 1. The maximum Gasteiger partial charge on any atom is 0.233 e. The van der Waals surface area contributed by atoms with Gasteiger partial charge in [0.1, 0.15) is 11.6 Å². The van der Waals surface area contributed by atoms with Crippen LogP contribution >= 0.6 is 11.6 Å². The van der Waals surface area contributed by atoms with Gasteiger partial charge in [-0.05, 0) is 86.1 Å². The Kier molecular flexibility index (Phi) is 7.43. The van der Waals surface area contributed by atoms with Crippen LogP contribution in [-0.2, 0) is 27.0 Å². The zero-order valence-electron chi connectivity index (χ0n) is 22.0. The molecular formula is C32H34ClFN2O2. The molecule has 1 aliphatic heterocycles. The highest BCUT2D eigenvalue weighted by molar-refractivity contribution is 6.30. The number of carbonyl (C=O) groups excluding carboxylic acids is 2. The SMILES string of the molecule is CC(=O)C1(c2ccccc2)CCN(CC2CC2(C(=O)N(C)Cc2ccc(F)cc2)c2ccc(Cl)cc2)CC1. The zero-order chi connectivity index (χ0) is 26.9. The van der Waals surface area contributed by atoms with Gasteiger partial charge < -0.3 is 9.80 Å². The molecule has 2 fully saturated rings. The summed E-state index contributed by atoms with van der Waals surface area (Å²) in [6.45, 7) is 4.58. The van der Waals surface area contributed by atoms with Crippen molar-refractivity contribution in [1.82, 2.24) is 9.80 Å². The second-order valence-corrected chi connectivity index (χ2v) is 11.4. The molecule has 0 spiro atoms. The Morgan fingerprint density at radius 3 is 2.18 bits per heavy atom. The minimum Gasteiger partial charge on any atom is -0.341 e. The molecule has 198 valence electrons. The molecule has 1 saturated heterocycles. The van der Waals surface area contributed by atoms with Crippen LogP contribution in [0.15, 0.2) is 78.9 Å². The quantitative estimate of drug-likeness (QED) is 0.356. The van der Waals surface area contributed by atoms with Crippen molar-refractivity contribution in [2.45, 2.75) is 43.6 Å². The van der Waals surface area contributed by atoms with Crippen molar-refractivity contribution in [2.75, 3.05) is 26.7 Å². The van der Waals surface area contributed by atoms with Gasteiger partial charge in [0.2, 0.25) is 5.91 Å². The van der Waals surface area contributed by atoms with Crippen molar-refractivity contribution in [1.29, 1.82) is 0 Å². The van der Waals surface area contributed by atoms with Gasteiger partial charge in [0.05, 0.1) is 10.8 Å². The molecule has 3 aromatic carbocycles. The van der Waals surface area contributed by atoms with Gasteiger partial charge in [-0.15, -0.1) is 0 Å². The average molecular weight is 533 g/mol. The molecule has 1 aliphatic carbocycles. The molecule has 5 rings (SSSR count). The highest BCUT2D eigenvalue weighted by Crippen LogP contribution is 2.56. The molecule has 4 nitrogen and oxygen atoms in total. The number of benzene rings is 3. The topological polar surface area (TPSA) is 40.6 Å². The number of piperidine rings is 1. The fraction of sp³-hybridized carbons (Fsp3) is 0.375. The normalized spacial score (nSPS) is 22.6. The average Bonchev–Trinajstić information content (AvgIpc) is 3.65. The predicted octanol–water partition coefficient (Wildman–Crippen LogP) is 6.02. The first-order valence-electron chi connectivity index (χ1n) is 13.3. The van der Waals surface area contributed by atoms with Crippen LogP contribution in [0.4, 0.5) is 4.39 Å². The second kappa shape index (κ2) is 10.6. The summed E-state index contributed by atoms with van der Waals surface area (Å²) < 4.78 is 13.4. The van der Waals surface area contributed by atoms with Crippen LogP contribution in [0.3, 0.4) is 0 Å². The molecule has 38 heavy (non-hydrogen) atoms. The summed E-state index contributed by atoms with van der Waals surface area (Å²) in [5.74, 6) is 0.190. The molecule has 0 aromatic heterocycles. The zero-order valence-corrected chi connectivity index (χ0v) is 22.8. The standard InChI is InChI=1S/C32H34ClFN2O2/c1-23(37)31(25-6-4-3-5-7-25)16-18-36(19-17-31)22-27-20-32(27,26-10-12-28(33)13-11-26)30(38)35(2)21-24-8-14-29(34)15-9-24/h3-15,27H,16-22H2,1-2H3. The lowest BCUT2D eigenvalue weighted by atomic mass is 9.70. The summed E-state index contributed by atoms with van der Waals surface area (Å²) in [6, 6.07) is 24.1. The van der Waals surface area contributed by atoms with Gasteiger partial charge in [-0.25, -0.2) is 4.39 Å². The van der Waals surface area contributed by atoms with Gasteiger partial charge in [-0.1, -0.05) is 66.2 Å². The van der Waals surface area contributed by atoms with Crippen molar-refractivity contribution >= 4 is 23.3 Å². The summed E-state index contributed by atoms with van der Waals surface area (Å²) in [6.07, 6.45) is 2.34. The molecule has 3 aromatic rings. The number of ketones is 1. The van der Waals surface area contributed by atoms with E-state index in [1.807, 2.05) is 49.5 Å². The maximum atomic E-state index is 14.0. The third-order valence-corrected chi connectivity index (χ3v) is 8.97. The largest absolute Gasteiger partial charge is 0.341 e. The van der Waals surface area contributed by atoms with Crippen LogP contribution in [0.25, 0.3) is 0 Å². The van der Waals surface area contributed by atoms with Crippen molar-refractivity contribution in [3.63, 3.8) is 0 Å². The van der Waals surface area contributed by atoms with E-state index in [9.17, 15) is 14.0 Å². The van der Waals surface area contributed by atoms with E-state index in [0.717, 1.165) is 55.6 Å². The van der Waals surface area contributed by atoms with Crippen LogP contribution in [0, 0.1) is 11.7 Å². The molecule has 0 N–H and O–H groups in total. The summed E-state index contributed by atoms with van der Waals surface area (Å²) >= 11 is 6.18. The number of hydrogen-bond donors (Lipinski definition) is 0. The third-order valence-electron chi connectivity index (χ3n) is 8.71. The molecule has 2 atom stereocenters. The van der Waals surface area contributed by atoms with Gasteiger partial charge in [-0.2, -0.15) is 0 Å². The number of halogens is 2. The van der Waals surface area contributed by atoms with Crippen molar-refractivity contribution in [3.05, 3.63) is 106 Å². The first-order chi connectivity index (χ1) is 18.2. The van der Waals surface area contributed by atoms with Crippen LogP contribution in [0.5, 0.6) is 0 Å². The first-order valence-corrected chi connectivity index (χ1v) is 13.7. The van der Waals surface area contributed by atoms with Crippen molar-refractivity contribution in [3.8, 4) is 0 Å². The lowest BCUT2D eigenvalue weighted by Crippen LogP contribution is -2.47. The fourth-order valence-electron chi connectivity index (χ4n) is 6.34. The molecule has 2 unspecified atom stereocenters. The number of nitrogens with zero attached hydrogens (tertiary/aromatic N) is 2. The van der Waals surface area contributed by atoms with E-state index in [4.69, 9.17) is 11.6 Å². The Bertz CT molecular complexity index is 1290. The Hall–Kier alpha value is -3.02. The third kappa shape index (κ3) is 5.02.